The second-order valence-electron chi connectivity index (χ2n) is 6.44. The van der Waals surface area contributed by atoms with Crippen LogP contribution in [-0.4, -0.2) is 54.0 Å². The molecule has 1 unspecified atom stereocenters. The monoisotopic (exact) mass is 271 g/mol. The summed E-state index contributed by atoms with van der Waals surface area (Å²) in [7, 11) is 0. The van der Waals surface area contributed by atoms with Crippen molar-refractivity contribution in [2.24, 2.45) is 11.3 Å². The third-order valence-electron chi connectivity index (χ3n) is 3.66. The maximum absolute atomic E-state index is 12.0. The highest BCUT2D eigenvalue weighted by atomic mass is 16.6. The Labute approximate surface area is 112 Å². The standard InChI is InChI=1S/C13H21NO5/c1-12(2,3)19-11(17)14-5-4-9(10(15)16)13(6-14)7-18-8-13/h9H,4-8H2,1-3H3,(H,15,16). The zero-order valence-electron chi connectivity index (χ0n) is 11.6. The zero-order valence-corrected chi connectivity index (χ0v) is 11.6. The van der Waals surface area contributed by atoms with E-state index in [1.54, 1.807) is 4.90 Å². The average Bonchev–Trinajstić information content (AvgIpc) is 2.23. The molecule has 0 saturated carbocycles. The molecule has 1 N–H and O–H groups in total. The Balaban J connectivity index is 2.04. The molecule has 6 heteroatoms. The van der Waals surface area contributed by atoms with Gasteiger partial charge in [0.15, 0.2) is 0 Å². The van der Waals surface area contributed by atoms with E-state index in [1.807, 2.05) is 20.8 Å². The highest BCUT2D eigenvalue weighted by molar-refractivity contribution is 5.73. The second-order valence-corrected chi connectivity index (χ2v) is 6.44. The minimum absolute atomic E-state index is 0.373. The summed E-state index contributed by atoms with van der Waals surface area (Å²) in [6, 6.07) is 0. The van der Waals surface area contributed by atoms with Gasteiger partial charge in [-0.2, -0.15) is 0 Å². The average molecular weight is 271 g/mol. The van der Waals surface area contributed by atoms with Crippen LogP contribution in [0.3, 0.4) is 0 Å². The summed E-state index contributed by atoms with van der Waals surface area (Å²) in [5, 5.41) is 9.26. The molecule has 2 fully saturated rings. The first-order chi connectivity index (χ1) is 8.73. The van der Waals surface area contributed by atoms with Crippen LogP contribution in [0.15, 0.2) is 0 Å². The molecule has 0 aromatic carbocycles. The molecule has 0 aliphatic carbocycles. The molecule has 0 aromatic heterocycles. The van der Waals surface area contributed by atoms with Gasteiger partial charge in [0.05, 0.1) is 19.1 Å². The Morgan fingerprint density at radius 1 is 1.37 bits per heavy atom. The second kappa shape index (κ2) is 4.67. The van der Waals surface area contributed by atoms with Crippen molar-refractivity contribution in [2.45, 2.75) is 32.8 Å². The fraction of sp³-hybridized carbons (Fsp3) is 0.846. The molecule has 2 saturated heterocycles. The number of aliphatic carboxylic acids is 1. The van der Waals surface area contributed by atoms with Crippen molar-refractivity contribution < 1.29 is 24.2 Å². The Bertz CT molecular complexity index is 383. The predicted molar refractivity (Wildman–Crippen MR) is 66.8 cm³/mol. The number of ether oxygens (including phenoxy) is 2. The van der Waals surface area contributed by atoms with Gasteiger partial charge in [0.2, 0.25) is 0 Å². The molecular weight excluding hydrogens is 250 g/mol. The summed E-state index contributed by atoms with van der Waals surface area (Å²) in [6.07, 6.45) is 0.0837. The number of rotatable bonds is 1. The predicted octanol–water partition coefficient (Wildman–Crippen LogP) is 1.34. The Hall–Kier alpha value is -1.30. The molecule has 1 amide bonds. The van der Waals surface area contributed by atoms with Crippen molar-refractivity contribution in [3.05, 3.63) is 0 Å². The molecule has 2 aliphatic heterocycles. The van der Waals surface area contributed by atoms with Crippen LogP contribution in [-0.2, 0) is 14.3 Å². The van der Waals surface area contributed by atoms with E-state index >= 15 is 0 Å². The molecule has 2 heterocycles. The topological polar surface area (TPSA) is 76.1 Å². The number of likely N-dealkylation sites (tertiary alicyclic amines) is 1. The van der Waals surface area contributed by atoms with Gasteiger partial charge in [-0.3, -0.25) is 4.79 Å². The van der Waals surface area contributed by atoms with Crippen molar-refractivity contribution >= 4 is 12.1 Å². The summed E-state index contributed by atoms with van der Waals surface area (Å²) in [5.74, 6) is -1.23. The minimum atomic E-state index is -0.799. The maximum Gasteiger partial charge on any atom is 0.410 e. The molecule has 0 aromatic rings. The van der Waals surface area contributed by atoms with Crippen molar-refractivity contribution in [2.75, 3.05) is 26.3 Å². The van der Waals surface area contributed by atoms with Crippen molar-refractivity contribution in [1.29, 1.82) is 0 Å². The molecule has 0 bridgehead atoms. The summed E-state index contributed by atoms with van der Waals surface area (Å²) < 4.78 is 10.5. The number of hydrogen-bond donors (Lipinski definition) is 1. The van der Waals surface area contributed by atoms with E-state index in [-0.39, 0.29) is 6.09 Å². The van der Waals surface area contributed by atoms with Crippen LogP contribution in [0.2, 0.25) is 0 Å². The Kier molecular flexibility index (Phi) is 3.47. The van der Waals surface area contributed by atoms with E-state index in [1.165, 1.54) is 0 Å². The zero-order chi connectivity index (χ0) is 14.3. The van der Waals surface area contributed by atoms with Gasteiger partial charge in [0.1, 0.15) is 5.60 Å². The van der Waals surface area contributed by atoms with E-state index in [2.05, 4.69) is 0 Å². The summed E-state index contributed by atoms with van der Waals surface area (Å²) in [5.41, 5.74) is -0.967. The van der Waals surface area contributed by atoms with Gasteiger partial charge in [-0.1, -0.05) is 0 Å². The van der Waals surface area contributed by atoms with Gasteiger partial charge in [0, 0.05) is 18.5 Å². The summed E-state index contributed by atoms with van der Waals surface area (Å²) in [4.78, 5) is 24.9. The van der Waals surface area contributed by atoms with Crippen LogP contribution in [0.5, 0.6) is 0 Å². The summed E-state index contributed by atoms with van der Waals surface area (Å²) in [6.45, 7) is 7.09. The fourth-order valence-electron chi connectivity index (χ4n) is 2.68. The van der Waals surface area contributed by atoms with E-state index in [4.69, 9.17) is 9.47 Å². The van der Waals surface area contributed by atoms with E-state index in [0.29, 0.717) is 32.7 Å². The van der Waals surface area contributed by atoms with Gasteiger partial charge >= 0.3 is 12.1 Å². The van der Waals surface area contributed by atoms with Crippen LogP contribution in [0, 0.1) is 11.3 Å². The first-order valence-corrected chi connectivity index (χ1v) is 6.52. The number of hydrogen-bond acceptors (Lipinski definition) is 4. The normalized spacial score (nSPS) is 25.8. The number of carboxylic acid groups (broad SMARTS) is 1. The molecule has 1 atom stereocenters. The molecule has 108 valence electrons. The number of amides is 1. The van der Waals surface area contributed by atoms with E-state index in [9.17, 15) is 14.7 Å². The Morgan fingerprint density at radius 2 is 2.00 bits per heavy atom. The number of carbonyl (C=O) groups excluding carboxylic acids is 1. The molecule has 2 aliphatic rings. The third kappa shape index (κ3) is 2.83. The van der Waals surface area contributed by atoms with Gasteiger partial charge in [-0.15, -0.1) is 0 Å². The minimum Gasteiger partial charge on any atom is -0.481 e. The lowest BCUT2D eigenvalue weighted by Crippen LogP contribution is -2.62. The highest BCUT2D eigenvalue weighted by Gasteiger charge is 2.53. The quantitative estimate of drug-likeness (QED) is 0.779. The van der Waals surface area contributed by atoms with Crippen molar-refractivity contribution in [3.63, 3.8) is 0 Å². The van der Waals surface area contributed by atoms with Gasteiger partial charge in [-0.05, 0) is 27.2 Å². The number of carbonyl (C=O) groups is 2. The molecule has 1 spiro atoms. The number of nitrogens with zero attached hydrogens (tertiary/aromatic N) is 1. The molecule has 6 nitrogen and oxygen atoms in total. The van der Waals surface area contributed by atoms with Gasteiger partial charge in [-0.25, -0.2) is 4.79 Å². The lowest BCUT2D eigenvalue weighted by Gasteiger charge is -2.51. The van der Waals surface area contributed by atoms with Crippen LogP contribution >= 0.6 is 0 Å². The largest absolute Gasteiger partial charge is 0.481 e. The van der Waals surface area contributed by atoms with Crippen LogP contribution in [0.1, 0.15) is 27.2 Å². The Morgan fingerprint density at radius 3 is 2.42 bits per heavy atom. The first-order valence-electron chi connectivity index (χ1n) is 6.52. The highest BCUT2D eigenvalue weighted by Crippen LogP contribution is 2.42. The molecule has 2 rings (SSSR count). The molecule has 19 heavy (non-hydrogen) atoms. The lowest BCUT2D eigenvalue weighted by atomic mass is 9.69. The van der Waals surface area contributed by atoms with Crippen LogP contribution < -0.4 is 0 Å². The lowest BCUT2D eigenvalue weighted by molar-refractivity contribution is -0.190. The molecular formula is C13H21NO5. The maximum atomic E-state index is 12.0. The summed E-state index contributed by atoms with van der Waals surface area (Å²) >= 11 is 0. The van der Waals surface area contributed by atoms with Crippen LogP contribution in [0.4, 0.5) is 4.79 Å². The van der Waals surface area contributed by atoms with Crippen molar-refractivity contribution in [3.8, 4) is 0 Å². The van der Waals surface area contributed by atoms with Crippen molar-refractivity contribution in [1.82, 2.24) is 4.90 Å². The SMILES string of the molecule is CC(C)(C)OC(=O)N1CCC(C(=O)O)C2(COC2)C1. The fourth-order valence-corrected chi connectivity index (χ4v) is 2.68. The number of carboxylic acids is 1. The van der Waals surface area contributed by atoms with E-state index in [0.717, 1.165) is 0 Å². The first kappa shape index (κ1) is 14.1. The molecule has 0 radical (unpaired) electrons. The van der Waals surface area contributed by atoms with Crippen LogP contribution in [0.25, 0.3) is 0 Å². The smallest absolute Gasteiger partial charge is 0.410 e. The van der Waals surface area contributed by atoms with Gasteiger partial charge in [0.25, 0.3) is 0 Å². The van der Waals surface area contributed by atoms with E-state index < -0.39 is 22.9 Å². The number of piperidine rings is 1. The third-order valence-corrected chi connectivity index (χ3v) is 3.66. The van der Waals surface area contributed by atoms with Gasteiger partial charge < -0.3 is 19.5 Å².